The van der Waals surface area contributed by atoms with E-state index in [1.807, 2.05) is 6.92 Å². The Morgan fingerprint density at radius 3 is 2.55 bits per heavy atom. The lowest BCUT2D eigenvalue weighted by molar-refractivity contribution is -0.146. The number of methoxy groups -OCH3 is 1. The first kappa shape index (κ1) is 8.53. The van der Waals surface area contributed by atoms with Crippen molar-refractivity contribution in [1.82, 2.24) is 0 Å². The van der Waals surface area contributed by atoms with Crippen molar-refractivity contribution in [2.75, 3.05) is 7.11 Å². The van der Waals surface area contributed by atoms with Crippen molar-refractivity contribution < 1.29 is 14.6 Å². The van der Waals surface area contributed by atoms with E-state index in [1.54, 1.807) is 0 Å². The average molecular weight is 158 g/mol. The topological polar surface area (TPSA) is 46.5 Å². The van der Waals surface area contributed by atoms with Crippen LogP contribution < -0.4 is 0 Å². The average Bonchev–Trinajstić information content (AvgIpc) is 2.28. The summed E-state index contributed by atoms with van der Waals surface area (Å²) in [5.41, 5.74) is 0. The Hall–Kier alpha value is -0.570. The molecule has 1 saturated carbocycles. The zero-order valence-corrected chi connectivity index (χ0v) is 6.91. The van der Waals surface area contributed by atoms with E-state index in [0.717, 1.165) is 6.42 Å². The molecular formula is C8H14O3. The molecule has 1 unspecified atom stereocenters. The predicted octanol–water partition coefficient (Wildman–Crippen LogP) is 0.566. The Morgan fingerprint density at radius 2 is 2.18 bits per heavy atom. The van der Waals surface area contributed by atoms with Gasteiger partial charge in [0.15, 0.2) is 0 Å². The summed E-state index contributed by atoms with van der Waals surface area (Å²) in [5.74, 6) is -0.0125. The molecule has 0 radical (unpaired) electrons. The summed E-state index contributed by atoms with van der Waals surface area (Å²) in [7, 11) is 1.39. The Morgan fingerprint density at radius 1 is 1.55 bits per heavy atom. The summed E-state index contributed by atoms with van der Waals surface area (Å²) in [6.45, 7) is 1.97. The first-order valence-corrected chi connectivity index (χ1v) is 3.91. The molecule has 1 aliphatic carbocycles. The van der Waals surface area contributed by atoms with Gasteiger partial charge in [0.2, 0.25) is 0 Å². The molecule has 1 aliphatic rings. The van der Waals surface area contributed by atoms with Gasteiger partial charge in [0, 0.05) is 0 Å². The molecule has 1 N–H and O–H groups in total. The Labute approximate surface area is 66.4 Å². The normalized spacial score (nSPS) is 37.2. The van der Waals surface area contributed by atoms with Gasteiger partial charge >= 0.3 is 5.97 Å². The van der Waals surface area contributed by atoms with Crippen molar-refractivity contribution in [3.8, 4) is 0 Å². The van der Waals surface area contributed by atoms with Crippen molar-refractivity contribution in [3.63, 3.8) is 0 Å². The maximum absolute atomic E-state index is 11.0. The van der Waals surface area contributed by atoms with E-state index in [-0.39, 0.29) is 23.9 Å². The van der Waals surface area contributed by atoms with Crippen LogP contribution in [0.4, 0.5) is 0 Å². The van der Waals surface area contributed by atoms with Crippen molar-refractivity contribution in [2.45, 2.75) is 25.9 Å². The Kier molecular flexibility index (Phi) is 2.49. The van der Waals surface area contributed by atoms with Crippen molar-refractivity contribution in [2.24, 2.45) is 11.8 Å². The Balaban J connectivity index is 2.52. The number of ether oxygens (including phenoxy) is 1. The molecule has 3 nitrogen and oxygen atoms in total. The number of rotatable bonds is 1. The standard InChI is InChI=1S/C8H14O3/c1-5-3-6(9)4-7(5)8(10)11-2/h5-7,9H,3-4H2,1-2H3/t5-,6+,7?/m0/s1. The van der Waals surface area contributed by atoms with Crippen LogP contribution in [0.5, 0.6) is 0 Å². The molecule has 0 aromatic heterocycles. The number of aliphatic hydroxyl groups excluding tert-OH is 1. The minimum atomic E-state index is -0.311. The van der Waals surface area contributed by atoms with E-state index in [1.165, 1.54) is 7.11 Å². The second kappa shape index (κ2) is 3.22. The highest BCUT2D eigenvalue weighted by Crippen LogP contribution is 2.32. The van der Waals surface area contributed by atoms with E-state index in [9.17, 15) is 9.90 Å². The van der Waals surface area contributed by atoms with Crippen LogP contribution in [0.1, 0.15) is 19.8 Å². The molecule has 0 bridgehead atoms. The molecule has 1 fully saturated rings. The molecular weight excluding hydrogens is 144 g/mol. The van der Waals surface area contributed by atoms with Crippen LogP contribution >= 0.6 is 0 Å². The molecule has 0 saturated heterocycles. The van der Waals surface area contributed by atoms with Gasteiger partial charge in [0.05, 0.1) is 19.1 Å². The molecule has 64 valence electrons. The smallest absolute Gasteiger partial charge is 0.309 e. The number of carbonyl (C=O) groups is 1. The maximum atomic E-state index is 11.0. The summed E-state index contributed by atoms with van der Waals surface area (Å²) in [6, 6.07) is 0. The first-order chi connectivity index (χ1) is 5.15. The van der Waals surface area contributed by atoms with Gasteiger partial charge in [0.25, 0.3) is 0 Å². The van der Waals surface area contributed by atoms with Gasteiger partial charge in [-0.1, -0.05) is 6.92 Å². The van der Waals surface area contributed by atoms with Crippen LogP contribution in [0.25, 0.3) is 0 Å². The van der Waals surface area contributed by atoms with Gasteiger partial charge in [-0.2, -0.15) is 0 Å². The predicted molar refractivity (Wildman–Crippen MR) is 39.9 cm³/mol. The van der Waals surface area contributed by atoms with E-state index >= 15 is 0 Å². The molecule has 0 aromatic carbocycles. The maximum Gasteiger partial charge on any atom is 0.309 e. The van der Waals surface area contributed by atoms with Gasteiger partial charge in [0.1, 0.15) is 0 Å². The Bertz CT molecular complexity index is 155. The summed E-state index contributed by atoms with van der Waals surface area (Å²) in [5, 5.41) is 9.21. The first-order valence-electron chi connectivity index (χ1n) is 3.91. The third-order valence-electron chi connectivity index (χ3n) is 2.36. The third kappa shape index (κ3) is 1.71. The second-order valence-electron chi connectivity index (χ2n) is 3.23. The summed E-state index contributed by atoms with van der Waals surface area (Å²) >= 11 is 0. The fraction of sp³-hybridized carbons (Fsp3) is 0.875. The molecule has 0 aliphatic heterocycles. The molecule has 0 amide bonds. The van der Waals surface area contributed by atoms with Gasteiger partial charge in [-0.25, -0.2) is 0 Å². The van der Waals surface area contributed by atoms with Gasteiger partial charge < -0.3 is 9.84 Å². The SMILES string of the molecule is COC(=O)C1C[C@H](O)C[C@@H]1C. The zero-order valence-electron chi connectivity index (χ0n) is 6.91. The lowest BCUT2D eigenvalue weighted by Gasteiger charge is -2.10. The van der Waals surface area contributed by atoms with E-state index in [2.05, 4.69) is 4.74 Å². The summed E-state index contributed by atoms with van der Waals surface area (Å²) in [6.07, 6.45) is 0.974. The van der Waals surface area contributed by atoms with Crippen molar-refractivity contribution in [3.05, 3.63) is 0 Å². The largest absolute Gasteiger partial charge is 0.469 e. The van der Waals surface area contributed by atoms with Crippen LogP contribution in [-0.4, -0.2) is 24.3 Å². The van der Waals surface area contributed by atoms with Crippen LogP contribution in [0.15, 0.2) is 0 Å². The van der Waals surface area contributed by atoms with Crippen LogP contribution in [0.3, 0.4) is 0 Å². The van der Waals surface area contributed by atoms with E-state index in [4.69, 9.17) is 0 Å². The number of esters is 1. The molecule has 0 heterocycles. The van der Waals surface area contributed by atoms with Crippen molar-refractivity contribution >= 4 is 5.97 Å². The monoisotopic (exact) mass is 158 g/mol. The van der Waals surface area contributed by atoms with Gasteiger partial charge in [-0.3, -0.25) is 4.79 Å². The number of aliphatic hydroxyl groups is 1. The molecule has 1 rings (SSSR count). The fourth-order valence-electron chi connectivity index (χ4n) is 1.69. The molecule has 11 heavy (non-hydrogen) atoms. The number of hydrogen-bond donors (Lipinski definition) is 1. The highest BCUT2D eigenvalue weighted by Gasteiger charge is 2.35. The second-order valence-corrected chi connectivity index (χ2v) is 3.23. The molecule has 3 atom stereocenters. The highest BCUT2D eigenvalue weighted by atomic mass is 16.5. The highest BCUT2D eigenvalue weighted by molar-refractivity contribution is 5.73. The minimum absolute atomic E-state index is 0.0880. The van der Waals surface area contributed by atoms with E-state index in [0.29, 0.717) is 6.42 Å². The summed E-state index contributed by atoms with van der Waals surface area (Å²) in [4.78, 5) is 11.0. The lowest BCUT2D eigenvalue weighted by Crippen LogP contribution is -2.18. The molecule has 3 heteroatoms. The van der Waals surface area contributed by atoms with Crippen LogP contribution in [-0.2, 0) is 9.53 Å². The van der Waals surface area contributed by atoms with Crippen LogP contribution in [0.2, 0.25) is 0 Å². The quantitative estimate of drug-likeness (QED) is 0.567. The van der Waals surface area contributed by atoms with Gasteiger partial charge in [-0.05, 0) is 18.8 Å². The van der Waals surface area contributed by atoms with Crippen molar-refractivity contribution in [1.29, 1.82) is 0 Å². The van der Waals surface area contributed by atoms with E-state index < -0.39 is 0 Å². The number of carbonyl (C=O) groups excluding carboxylic acids is 1. The lowest BCUT2D eigenvalue weighted by atomic mass is 9.99. The molecule has 0 aromatic rings. The fourth-order valence-corrected chi connectivity index (χ4v) is 1.69. The summed E-state index contributed by atoms with van der Waals surface area (Å²) < 4.78 is 4.60. The molecule has 0 spiro atoms. The minimum Gasteiger partial charge on any atom is -0.469 e. The van der Waals surface area contributed by atoms with Crippen LogP contribution in [0, 0.1) is 11.8 Å². The number of hydrogen-bond acceptors (Lipinski definition) is 3. The van der Waals surface area contributed by atoms with Gasteiger partial charge in [-0.15, -0.1) is 0 Å². The zero-order chi connectivity index (χ0) is 8.43. The third-order valence-corrected chi connectivity index (χ3v) is 2.36.